The Hall–Kier alpha value is -3.37. The highest BCUT2D eigenvalue weighted by atomic mass is 28.3. The molecule has 0 aliphatic heterocycles. The van der Waals surface area contributed by atoms with E-state index in [1.807, 2.05) is 30.3 Å². The van der Waals surface area contributed by atoms with Gasteiger partial charge >= 0.3 is 0 Å². The number of hydrogen-bond donors (Lipinski definition) is 0. The fraction of sp³-hybridized carbons (Fsp3) is 0.172. The molecule has 0 saturated carbocycles. The van der Waals surface area contributed by atoms with Crippen LogP contribution >= 0.6 is 0 Å². The highest BCUT2D eigenvalue weighted by Crippen LogP contribution is 2.34. The average Bonchev–Trinajstić information content (AvgIpc) is 2.77. The van der Waals surface area contributed by atoms with Crippen molar-refractivity contribution in [3.63, 3.8) is 0 Å². The quantitative estimate of drug-likeness (QED) is 0.211. The number of pyridine rings is 2. The van der Waals surface area contributed by atoms with Crippen molar-refractivity contribution in [3.8, 4) is 22.4 Å². The molecule has 164 valence electrons. The number of rotatable bonds is 3. The topological polar surface area (TPSA) is 25.8 Å². The molecule has 0 radical (unpaired) electrons. The minimum atomic E-state index is -1.40. The van der Waals surface area contributed by atoms with Crippen molar-refractivity contribution in [2.45, 2.75) is 33.5 Å². The van der Waals surface area contributed by atoms with E-state index < -0.39 is 8.07 Å². The molecule has 0 bridgehead atoms. The molecule has 0 N–H and O–H groups in total. The standard InChI is InChI=1S/C29H27FN2Si/c1-18-14-19(2)16-21(15-18)28-26-17-32-29-25(24(26)12-13-31-28)11-10-23(27(29)30)20-6-8-22(9-7-20)33(3,4)5/h6-17H,1-5H3. The monoisotopic (exact) mass is 450 g/mol. The second-order valence-electron chi connectivity index (χ2n) is 9.91. The van der Waals surface area contributed by atoms with Gasteiger partial charge in [-0.1, -0.05) is 78.4 Å². The van der Waals surface area contributed by atoms with Crippen LogP contribution in [0.2, 0.25) is 19.6 Å². The SMILES string of the molecule is Cc1cc(C)cc(-c2nccc3c2cnc2c(F)c(-c4ccc([Si](C)(C)C)cc4)ccc23)c1. The summed E-state index contributed by atoms with van der Waals surface area (Å²) in [6.07, 6.45) is 3.56. The van der Waals surface area contributed by atoms with Crippen molar-refractivity contribution in [1.29, 1.82) is 0 Å². The zero-order valence-corrected chi connectivity index (χ0v) is 20.7. The molecule has 0 unspecified atom stereocenters. The number of benzene rings is 3. The van der Waals surface area contributed by atoms with Crippen LogP contribution in [-0.2, 0) is 0 Å². The molecular formula is C29H27FN2Si. The van der Waals surface area contributed by atoms with Gasteiger partial charge in [-0.25, -0.2) is 4.39 Å². The fourth-order valence-electron chi connectivity index (χ4n) is 4.59. The Morgan fingerprint density at radius 1 is 0.697 bits per heavy atom. The van der Waals surface area contributed by atoms with Gasteiger partial charge in [-0.3, -0.25) is 9.97 Å². The summed E-state index contributed by atoms with van der Waals surface area (Å²) in [4.78, 5) is 9.23. The first-order valence-electron chi connectivity index (χ1n) is 11.3. The lowest BCUT2D eigenvalue weighted by Gasteiger charge is -2.17. The van der Waals surface area contributed by atoms with Crippen LogP contribution in [0.1, 0.15) is 11.1 Å². The van der Waals surface area contributed by atoms with E-state index in [1.165, 1.54) is 16.3 Å². The third-order valence-corrected chi connectivity index (χ3v) is 8.34. The Kier molecular flexibility index (Phi) is 5.13. The number of hydrogen-bond acceptors (Lipinski definition) is 2. The molecule has 33 heavy (non-hydrogen) atoms. The molecule has 0 spiro atoms. The number of aryl methyl sites for hydroxylation is 2. The van der Waals surface area contributed by atoms with Crippen LogP contribution in [-0.4, -0.2) is 18.0 Å². The average molecular weight is 451 g/mol. The summed E-state index contributed by atoms with van der Waals surface area (Å²) < 4.78 is 15.7. The molecule has 0 aliphatic rings. The maximum Gasteiger partial charge on any atom is 0.157 e. The van der Waals surface area contributed by atoms with Gasteiger partial charge in [0.25, 0.3) is 0 Å². The van der Waals surface area contributed by atoms with Crippen LogP contribution in [0.5, 0.6) is 0 Å². The highest BCUT2D eigenvalue weighted by Gasteiger charge is 2.18. The molecule has 0 saturated heterocycles. The van der Waals surface area contributed by atoms with Gasteiger partial charge in [-0.05, 0) is 43.0 Å². The predicted molar refractivity (Wildman–Crippen MR) is 140 cm³/mol. The largest absolute Gasteiger partial charge is 0.256 e. The number of fused-ring (bicyclic) bond motifs is 3. The second-order valence-corrected chi connectivity index (χ2v) is 15.0. The molecule has 0 atom stereocenters. The molecule has 2 nitrogen and oxygen atoms in total. The predicted octanol–water partition coefficient (Wildman–Crippen LogP) is 7.42. The van der Waals surface area contributed by atoms with Gasteiger partial charge in [0.05, 0.1) is 13.8 Å². The highest BCUT2D eigenvalue weighted by molar-refractivity contribution is 6.88. The zero-order valence-electron chi connectivity index (χ0n) is 19.7. The Labute approximate surface area is 195 Å². The molecule has 4 heteroatoms. The summed E-state index contributed by atoms with van der Waals surface area (Å²) in [5, 5.41) is 4.06. The van der Waals surface area contributed by atoms with E-state index in [-0.39, 0.29) is 5.82 Å². The van der Waals surface area contributed by atoms with Crippen molar-refractivity contribution in [2.75, 3.05) is 0 Å². The van der Waals surface area contributed by atoms with Crippen LogP contribution in [0.15, 0.2) is 73.1 Å². The lowest BCUT2D eigenvalue weighted by Crippen LogP contribution is -2.37. The van der Waals surface area contributed by atoms with E-state index in [1.54, 1.807) is 12.4 Å². The fourth-order valence-corrected chi connectivity index (χ4v) is 5.76. The van der Waals surface area contributed by atoms with Crippen LogP contribution in [0.25, 0.3) is 44.1 Å². The van der Waals surface area contributed by atoms with Gasteiger partial charge in [-0.2, -0.15) is 0 Å². The third kappa shape index (κ3) is 3.85. The summed E-state index contributed by atoms with van der Waals surface area (Å²) in [6, 6.07) is 20.6. The molecule has 3 aromatic carbocycles. The maximum absolute atomic E-state index is 15.7. The van der Waals surface area contributed by atoms with Gasteiger partial charge in [0, 0.05) is 34.3 Å². The summed E-state index contributed by atoms with van der Waals surface area (Å²) in [7, 11) is -1.40. The van der Waals surface area contributed by atoms with Gasteiger partial charge in [0.2, 0.25) is 0 Å². The van der Waals surface area contributed by atoms with Gasteiger partial charge in [0.1, 0.15) is 5.52 Å². The van der Waals surface area contributed by atoms with E-state index in [0.717, 1.165) is 33.0 Å². The van der Waals surface area contributed by atoms with Gasteiger partial charge in [0.15, 0.2) is 5.82 Å². The molecule has 5 aromatic rings. The van der Waals surface area contributed by atoms with Crippen molar-refractivity contribution < 1.29 is 4.39 Å². The lowest BCUT2D eigenvalue weighted by molar-refractivity contribution is 0.640. The van der Waals surface area contributed by atoms with Crippen molar-refractivity contribution in [3.05, 3.63) is 90.0 Å². The molecule has 2 aromatic heterocycles. The van der Waals surface area contributed by atoms with Crippen LogP contribution in [0.4, 0.5) is 4.39 Å². The number of nitrogens with zero attached hydrogens (tertiary/aromatic N) is 2. The third-order valence-electron chi connectivity index (χ3n) is 6.28. The van der Waals surface area contributed by atoms with E-state index >= 15 is 4.39 Å². The molecule has 0 amide bonds. The maximum atomic E-state index is 15.7. The first-order chi connectivity index (χ1) is 15.7. The van der Waals surface area contributed by atoms with Gasteiger partial charge in [-0.15, -0.1) is 0 Å². The number of aromatic nitrogens is 2. The van der Waals surface area contributed by atoms with E-state index in [4.69, 9.17) is 0 Å². The Morgan fingerprint density at radius 2 is 1.39 bits per heavy atom. The van der Waals surface area contributed by atoms with Crippen molar-refractivity contribution in [1.82, 2.24) is 9.97 Å². The van der Waals surface area contributed by atoms with Crippen molar-refractivity contribution >= 4 is 34.9 Å². The van der Waals surface area contributed by atoms with Crippen LogP contribution in [0.3, 0.4) is 0 Å². The Bertz CT molecular complexity index is 1500. The normalized spacial score (nSPS) is 11.9. The smallest absolute Gasteiger partial charge is 0.157 e. The summed E-state index contributed by atoms with van der Waals surface area (Å²) in [5.41, 5.74) is 6.16. The minimum absolute atomic E-state index is 0.278. The van der Waals surface area contributed by atoms with Crippen LogP contribution in [0, 0.1) is 19.7 Å². The lowest BCUT2D eigenvalue weighted by atomic mass is 9.97. The molecular weight excluding hydrogens is 423 g/mol. The molecule has 2 heterocycles. The Balaban J connectivity index is 1.67. The molecule has 0 fully saturated rings. The van der Waals surface area contributed by atoms with E-state index in [2.05, 4.69) is 73.8 Å². The van der Waals surface area contributed by atoms with E-state index in [0.29, 0.717) is 11.1 Å². The minimum Gasteiger partial charge on any atom is -0.256 e. The Morgan fingerprint density at radius 3 is 2.06 bits per heavy atom. The number of halogens is 1. The first kappa shape index (κ1) is 21.5. The molecule has 0 aliphatic carbocycles. The summed E-state index contributed by atoms with van der Waals surface area (Å²) in [6.45, 7) is 11.1. The van der Waals surface area contributed by atoms with E-state index in [9.17, 15) is 0 Å². The van der Waals surface area contributed by atoms with Gasteiger partial charge < -0.3 is 0 Å². The summed E-state index contributed by atoms with van der Waals surface area (Å²) in [5.74, 6) is -0.278. The van der Waals surface area contributed by atoms with Crippen LogP contribution < -0.4 is 5.19 Å². The molecule has 5 rings (SSSR count). The summed E-state index contributed by atoms with van der Waals surface area (Å²) >= 11 is 0. The zero-order chi connectivity index (χ0) is 23.3. The van der Waals surface area contributed by atoms with Crippen molar-refractivity contribution in [2.24, 2.45) is 0 Å². The first-order valence-corrected chi connectivity index (χ1v) is 14.8. The second kappa shape index (κ2) is 7.89.